The molecule has 1 heterocycles. The minimum Gasteiger partial charge on any atom is -0.354 e. The number of hydrogen-bond acceptors (Lipinski definition) is 4. The Labute approximate surface area is 161 Å². The summed E-state index contributed by atoms with van der Waals surface area (Å²) in [5.41, 5.74) is 1.18. The van der Waals surface area contributed by atoms with Crippen molar-refractivity contribution < 1.29 is 13.2 Å². The molecule has 0 aliphatic carbocycles. The molecule has 3 rings (SSSR count). The molecule has 2 aromatic carbocycles. The Bertz CT molecular complexity index is 832. The Morgan fingerprint density at radius 3 is 2.19 bits per heavy atom. The van der Waals surface area contributed by atoms with Crippen molar-refractivity contribution in [1.82, 2.24) is 10.2 Å². The van der Waals surface area contributed by atoms with E-state index in [1.54, 1.807) is 30.3 Å². The van der Waals surface area contributed by atoms with Crippen LogP contribution in [0.3, 0.4) is 0 Å². The molecular formula is C21H26N2O3S. The molecule has 0 radical (unpaired) electrons. The first kappa shape index (κ1) is 19.6. The maximum absolute atomic E-state index is 12.3. The summed E-state index contributed by atoms with van der Waals surface area (Å²) >= 11 is 0. The van der Waals surface area contributed by atoms with E-state index in [2.05, 4.69) is 22.3 Å². The van der Waals surface area contributed by atoms with E-state index in [0.717, 1.165) is 13.1 Å². The van der Waals surface area contributed by atoms with Crippen LogP contribution in [-0.2, 0) is 14.6 Å². The highest BCUT2D eigenvalue weighted by Crippen LogP contribution is 2.24. The highest BCUT2D eigenvalue weighted by molar-refractivity contribution is 7.91. The van der Waals surface area contributed by atoms with Crippen molar-refractivity contribution in [2.45, 2.75) is 30.2 Å². The van der Waals surface area contributed by atoms with Crippen molar-refractivity contribution in [3.05, 3.63) is 66.2 Å². The fourth-order valence-corrected chi connectivity index (χ4v) is 4.72. The largest absolute Gasteiger partial charge is 0.354 e. The highest BCUT2D eigenvalue weighted by Gasteiger charge is 2.24. The number of benzene rings is 2. The molecule has 0 spiro atoms. The number of nitrogens with one attached hydrogen (secondary N) is 1. The molecule has 0 aromatic heterocycles. The molecule has 1 N–H and O–H groups in total. The molecular weight excluding hydrogens is 360 g/mol. The molecule has 5 nitrogen and oxygen atoms in total. The lowest BCUT2D eigenvalue weighted by atomic mass is 10.1. The van der Waals surface area contributed by atoms with Crippen LogP contribution in [-0.4, -0.2) is 44.6 Å². The second-order valence-electron chi connectivity index (χ2n) is 6.86. The van der Waals surface area contributed by atoms with E-state index in [-0.39, 0.29) is 29.0 Å². The molecule has 1 saturated heterocycles. The summed E-state index contributed by atoms with van der Waals surface area (Å²) in [4.78, 5) is 14.9. The Morgan fingerprint density at radius 2 is 1.56 bits per heavy atom. The summed E-state index contributed by atoms with van der Waals surface area (Å²) < 4.78 is 24.6. The zero-order chi connectivity index (χ0) is 19.1. The van der Waals surface area contributed by atoms with Crippen LogP contribution in [0, 0.1) is 0 Å². The van der Waals surface area contributed by atoms with Crippen molar-refractivity contribution in [3.8, 4) is 0 Å². The molecule has 6 heteroatoms. The quantitative estimate of drug-likeness (QED) is 0.758. The van der Waals surface area contributed by atoms with Crippen LogP contribution in [0.15, 0.2) is 65.6 Å². The standard InChI is InChI=1S/C21H26N2O3S/c24-21(13-16-27(25,26)19-11-5-2-6-12-19)22-17-20(23-14-7-8-15-23)18-9-3-1-4-10-18/h1-6,9-12,20H,7-8,13-17H2,(H,22,24). The van der Waals surface area contributed by atoms with Crippen LogP contribution in [0.25, 0.3) is 0 Å². The smallest absolute Gasteiger partial charge is 0.221 e. The SMILES string of the molecule is O=C(CCS(=O)(=O)c1ccccc1)NCC(c1ccccc1)N1CCCC1. The normalized spacial score (nSPS) is 16.1. The summed E-state index contributed by atoms with van der Waals surface area (Å²) in [6, 6.07) is 18.6. The van der Waals surface area contributed by atoms with E-state index in [4.69, 9.17) is 0 Å². The first-order valence-electron chi connectivity index (χ1n) is 9.40. The minimum absolute atomic E-state index is 0.0290. The van der Waals surface area contributed by atoms with Gasteiger partial charge in [0.1, 0.15) is 0 Å². The van der Waals surface area contributed by atoms with E-state index in [9.17, 15) is 13.2 Å². The van der Waals surface area contributed by atoms with Crippen LogP contribution in [0.1, 0.15) is 30.9 Å². The maximum atomic E-state index is 12.3. The second-order valence-corrected chi connectivity index (χ2v) is 8.96. The number of hydrogen-bond donors (Lipinski definition) is 1. The highest BCUT2D eigenvalue weighted by atomic mass is 32.2. The van der Waals surface area contributed by atoms with Gasteiger partial charge < -0.3 is 5.32 Å². The summed E-state index contributed by atoms with van der Waals surface area (Å²) in [6.45, 7) is 2.55. The fourth-order valence-electron chi connectivity index (χ4n) is 3.46. The lowest BCUT2D eigenvalue weighted by Crippen LogP contribution is -2.37. The zero-order valence-corrected chi connectivity index (χ0v) is 16.2. The first-order chi connectivity index (χ1) is 13.1. The monoisotopic (exact) mass is 386 g/mol. The molecule has 1 amide bonds. The second kappa shape index (κ2) is 9.15. The van der Waals surface area contributed by atoms with Gasteiger partial charge in [0.25, 0.3) is 0 Å². The average molecular weight is 387 g/mol. The van der Waals surface area contributed by atoms with E-state index < -0.39 is 9.84 Å². The molecule has 144 valence electrons. The van der Waals surface area contributed by atoms with Gasteiger partial charge >= 0.3 is 0 Å². The van der Waals surface area contributed by atoms with Gasteiger partial charge in [-0.2, -0.15) is 0 Å². The third-order valence-electron chi connectivity index (χ3n) is 4.96. The summed E-state index contributed by atoms with van der Waals surface area (Å²) in [5, 5.41) is 2.94. The van der Waals surface area contributed by atoms with Gasteiger partial charge in [-0.25, -0.2) is 8.42 Å². The van der Waals surface area contributed by atoms with E-state index in [1.807, 2.05) is 18.2 Å². The molecule has 1 aliphatic rings. The number of sulfone groups is 1. The van der Waals surface area contributed by atoms with Crippen molar-refractivity contribution in [2.75, 3.05) is 25.4 Å². The third kappa shape index (κ3) is 5.40. The molecule has 1 unspecified atom stereocenters. The number of rotatable bonds is 8. The molecule has 0 saturated carbocycles. The third-order valence-corrected chi connectivity index (χ3v) is 6.69. The summed E-state index contributed by atoms with van der Waals surface area (Å²) in [5.74, 6) is -0.405. The predicted molar refractivity (Wildman–Crippen MR) is 106 cm³/mol. The van der Waals surface area contributed by atoms with E-state index in [1.165, 1.54) is 18.4 Å². The van der Waals surface area contributed by atoms with Crippen LogP contribution in [0.5, 0.6) is 0 Å². The molecule has 0 bridgehead atoms. The van der Waals surface area contributed by atoms with Crippen LogP contribution >= 0.6 is 0 Å². The topological polar surface area (TPSA) is 66.5 Å². The van der Waals surface area contributed by atoms with Gasteiger partial charge in [-0.15, -0.1) is 0 Å². The van der Waals surface area contributed by atoms with Gasteiger partial charge in [0.05, 0.1) is 16.7 Å². The molecule has 1 atom stereocenters. The fraction of sp³-hybridized carbons (Fsp3) is 0.381. The number of carbonyl (C=O) groups excluding carboxylic acids is 1. The van der Waals surface area contributed by atoms with Gasteiger partial charge in [-0.1, -0.05) is 48.5 Å². The number of likely N-dealkylation sites (tertiary alicyclic amines) is 1. The lowest BCUT2D eigenvalue weighted by Gasteiger charge is -2.28. The molecule has 27 heavy (non-hydrogen) atoms. The molecule has 2 aromatic rings. The van der Waals surface area contributed by atoms with Gasteiger partial charge in [-0.05, 0) is 43.6 Å². The van der Waals surface area contributed by atoms with Crippen LogP contribution < -0.4 is 5.32 Å². The van der Waals surface area contributed by atoms with Gasteiger partial charge in [0.2, 0.25) is 5.91 Å². The summed E-state index contributed by atoms with van der Waals surface area (Å²) in [7, 11) is -3.43. The predicted octanol–water partition coefficient (Wildman–Crippen LogP) is 2.80. The zero-order valence-electron chi connectivity index (χ0n) is 15.4. The molecule has 1 aliphatic heterocycles. The average Bonchev–Trinajstić information content (AvgIpc) is 3.23. The minimum atomic E-state index is -3.43. The first-order valence-corrected chi connectivity index (χ1v) is 11.0. The number of nitrogens with zero attached hydrogens (tertiary/aromatic N) is 1. The van der Waals surface area contributed by atoms with Crippen LogP contribution in [0.4, 0.5) is 0 Å². The maximum Gasteiger partial charge on any atom is 0.221 e. The number of carbonyl (C=O) groups is 1. The van der Waals surface area contributed by atoms with E-state index >= 15 is 0 Å². The van der Waals surface area contributed by atoms with Crippen molar-refractivity contribution in [1.29, 1.82) is 0 Å². The lowest BCUT2D eigenvalue weighted by molar-refractivity contribution is -0.120. The Hall–Kier alpha value is -2.18. The Kier molecular flexibility index (Phi) is 6.63. The Morgan fingerprint density at radius 1 is 0.963 bits per heavy atom. The number of amides is 1. The van der Waals surface area contributed by atoms with Crippen LogP contribution in [0.2, 0.25) is 0 Å². The van der Waals surface area contributed by atoms with E-state index in [0.29, 0.717) is 6.54 Å². The van der Waals surface area contributed by atoms with Gasteiger partial charge in [-0.3, -0.25) is 9.69 Å². The van der Waals surface area contributed by atoms with Gasteiger partial charge in [0.15, 0.2) is 9.84 Å². The van der Waals surface area contributed by atoms with Crippen molar-refractivity contribution in [3.63, 3.8) is 0 Å². The molecule has 1 fully saturated rings. The Balaban J connectivity index is 1.56. The summed E-state index contributed by atoms with van der Waals surface area (Å²) in [6.07, 6.45) is 2.32. The van der Waals surface area contributed by atoms with Gasteiger partial charge in [0, 0.05) is 13.0 Å². The van der Waals surface area contributed by atoms with Crippen molar-refractivity contribution in [2.24, 2.45) is 0 Å². The van der Waals surface area contributed by atoms with Crippen molar-refractivity contribution >= 4 is 15.7 Å².